The number of carbonyl (C=O) groups is 1. The number of hydrogen-bond acceptors (Lipinski definition) is 4. The van der Waals surface area contributed by atoms with Crippen LogP contribution in [0.1, 0.15) is 35.8 Å². The summed E-state index contributed by atoms with van der Waals surface area (Å²) in [5.74, 6) is 0.638. The molecule has 0 radical (unpaired) electrons. The van der Waals surface area contributed by atoms with Crippen molar-refractivity contribution in [3.63, 3.8) is 0 Å². The van der Waals surface area contributed by atoms with Crippen LogP contribution < -0.4 is 5.32 Å². The van der Waals surface area contributed by atoms with Gasteiger partial charge in [0.1, 0.15) is 5.82 Å². The van der Waals surface area contributed by atoms with Gasteiger partial charge in [-0.25, -0.2) is 4.98 Å². The predicted molar refractivity (Wildman–Crippen MR) is 74.9 cm³/mol. The number of hydrogen-bond donors (Lipinski definition) is 1. The summed E-state index contributed by atoms with van der Waals surface area (Å²) in [6.45, 7) is 5.20. The Kier molecular flexibility index (Phi) is 5.80. The highest BCUT2D eigenvalue weighted by Crippen LogP contribution is 2.12. The summed E-state index contributed by atoms with van der Waals surface area (Å²) >= 11 is 0. The number of carbonyl (C=O) groups excluding carboxylic acids is 1. The molecule has 0 fully saturated rings. The van der Waals surface area contributed by atoms with Crippen molar-refractivity contribution in [2.75, 3.05) is 25.5 Å². The average molecular weight is 260 g/mol. The van der Waals surface area contributed by atoms with Gasteiger partial charge in [-0.05, 0) is 25.5 Å². The minimum absolute atomic E-state index is 0.0831. The lowest BCUT2D eigenvalue weighted by Crippen LogP contribution is -2.27. The number of aryl methyl sites for hydroxylation is 1. The van der Waals surface area contributed by atoms with Crippen molar-refractivity contribution < 1.29 is 4.79 Å². The molecule has 1 amide bonds. The minimum atomic E-state index is -0.0831. The van der Waals surface area contributed by atoms with E-state index in [0.717, 1.165) is 24.5 Å². The summed E-state index contributed by atoms with van der Waals surface area (Å²) in [4.78, 5) is 18.1. The molecule has 5 nitrogen and oxygen atoms in total. The van der Waals surface area contributed by atoms with Gasteiger partial charge in [-0.2, -0.15) is 5.26 Å². The maximum absolute atomic E-state index is 12.2. The van der Waals surface area contributed by atoms with E-state index >= 15 is 0 Å². The van der Waals surface area contributed by atoms with Gasteiger partial charge in [0.25, 0.3) is 5.91 Å². The Labute approximate surface area is 114 Å². The predicted octanol–water partition coefficient (Wildman–Crippen LogP) is 2.20. The zero-order chi connectivity index (χ0) is 14.3. The monoisotopic (exact) mass is 260 g/mol. The van der Waals surface area contributed by atoms with Crippen molar-refractivity contribution in [3.05, 3.63) is 23.4 Å². The number of nitrogens with one attached hydrogen (secondary N) is 1. The van der Waals surface area contributed by atoms with Gasteiger partial charge in [0, 0.05) is 31.4 Å². The van der Waals surface area contributed by atoms with E-state index < -0.39 is 0 Å². The van der Waals surface area contributed by atoms with Crippen molar-refractivity contribution in [1.29, 1.82) is 5.26 Å². The topological polar surface area (TPSA) is 69.0 Å². The third-order valence-electron chi connectivity index (χ3n) is 2.66. The number of aromatic nitrogens is 1. The average Bonchev–Trinajstić information content (AvgIpc) is 2.41. The summed E-state index contributed by atoms with van der Waals surface area (Å²) < 4.78 is 0. The van der Waals surface area contributed by atoms with Crippen LogP contribution in [0.4, 0.5) is 5.82 Å². The zero-order valence-electron chi connectivity index (χ0n) is 11.7. The van der Waals surface area contributed by atoms with Gasteiger partial charge in [0.15, 0.2) is 0 Å². The molecule has 0 aliphatic carbocycles. The summed E-state index contributed by atoms with van der Waals surface area (Å²) in [5, 5.41) is 11.7. The summed E-state index contributed by atoms with van der Waals surface area (Å²) in [6, 6.07) is 5.56. The van der Waals surface area contributed by atoms with Crippen LogP contribution in [-0.4, -0.2) is 35.9 Å². The zero-order valence-corrected chi connectivity index (χ0v) is 11.7. The molecule has 1 aromatic rings. The third kappa shape index (κ3) is 4.59. The van der Waals surface area contributed by atoms with E-state index in [0.29, 0.717) is 18.5 Å². The molecule has 0 bridgehead atoms. The molecule has 0 aromatic carbocycles. The highest BCUT2D eigenvalue weighted by molar-refractivity contribution is 5.94. The Balaban J connectivity index is 2.84. The van der Waals surface area contributed by atoms with Gasteiger partial charge in [0.2, 0.25) is 0 Å². The third-order valence-corrected chi connectivity index (χ3v) is 2.66. The smallest absolute Gasteiger partial charge is 0.253 e. The lowest BCUT2D eigenvalue weighted by Gasteiger charge is -2.16. The number of pyridine rings is 1. The second-order valence-corrected chi connectivity index (χ2v) is 4.44. The van der Waals surface area contributed by atoms with E-state index in [9.17, 15) is 4.79 Å². The number of nitrogens with zero attached hydrogens (tertiary/aromatic N) is 3. The highest BCUT2D eigenvalue weighted by Gasteiger charge is 2.13. The molecule has 1 rings (SSSR count). The Morgan fingerprint density at radius 2 is 2.26 bits per heavy atom. The van der Waals surface area contributed by atoms with Crippen LogP contribution in [-0.2, 0) is 0 Å². The van der Waals surface area contributed by atoms with E-state index in [2.05, 4.69) is 17.2 Å². The molecule has 0 saturated heterocycles. The van der Waals surface area contributed by atoms with Crippen LogP contribution in [0.15, 0.2) is 12.1 Å². The minimum Gasteiger partial charge on any atom is -0.370 e. The number of rotatable bonds is 6. The first-order valence-electron chi connectivity index (χ1n) is 6.43. The second kappa shape index (κ2) is 7.37. The maximum Gasteiger partial charge on any atom is 0.253 e. The first-order valence-corrected chi connectivity index (χ1v) is 6.43. The van der Waals surface area contributed by atoms with Crippen molar-refractivity contribution in [1.82, 2.24) is 9.88 Å². The molecular weight excluding hydrogens is 240 g/mol. The summed E-state index contributed by atoms with van der Waals surface area (Å²) in [7, 11) is 1.70. The number of anilines is 1. The SMILES string of the molecule is CCCNc1cc(C(=O)N(C)CCC#N)cc(C)n1. The van der Waals surface area contributed by atoms with Crippen molar-refractivity contribution in [2.24, 2.45) is 0 Å². The first kappa shape index (κ1) is 15.0. The molecule has 0 unspecified atom stereocenters. The Hall–Kier alpha value is -2.09. The van der Waals surface area contributed by atoms with E-state index in [1.165, 1.54) is 0 Å². The molecule has 102 valence electrons. The van der Waals surface area contributed by atoms with Crippen LogP contribution >= 0.6 is 0 Å². The maximum atomic E-state index is 12.2. The fraction of sp³-hybridized carbons (Fsp3) is 0.500. The van der Waals surface area contributed by atoms with Crippen molar-refractivity contribution in [3.8, 4) is 6.07 Å². The van der Waals surface area contributed by atoms with Crippen LogP contribution in [0.5, 0.6) is 0 Å². The van der Waals surface area contributed by atoms with Gasteiger partial charge in [-0.1, -0.05) is 6.92 Å². The first-order chi connectivity index (χ1) is 9.08. The van der Waals surface area contributed by atoms with Crippen LogP contribution in [0, 0.1) is 18.3 Å². The lowest BCUT2D eigenvalue weighted by atomic mass is 10.2. The fourth-order valence-corrected chi connectivity index (χ4v) is 1.68. The number of amides is 1. The molecule has 1 heterocycles. The molecule has 1 N–H and O–H groups in total. The summed E-state index contributed by atoms with van der Waals surface area (Å²) in [6.07, 6.45) is 1.34. The Bertz CT molecular complexity index is 479. The second-order valence-electron chi connectivity index (χ2n) is 4.44. The van der Waals surface area contributed by atoms with E-state index in [1.54, 1.807) is 24.1 Å². The van der Waals surface area contributed by atoms with E-state index in [4.69, 9.17) is 5.26 Å². The molecule has 0 aliphatic heterocycles. The molecule has 0 aliphatic rings. The number of nitriles is 1. The fourth-order valence-electron chi connectivity index (χ4n) is 1.68. The summed E-state index contributed by atoms with van der Waals surface area (Å²) in [5.41, 5.74) is 1.41. The van der Waals surface area contributed by atoms with Crippen LogP contribution in [0.2, 0.25) is 0 Å². The molecule has 0 spiro atoms. The van der Waals surface area contributed by atoms with Crippen molar-refractivity contribution >= 4 is 11.7 Å². The molecule has 19 heavy (non-hydrogen) atoms. The molecule has 0 saturated carbocycles. The van der Waals surface area contributed by atoms with Crippen molar-refractivity contribution in [2.45, 2.75) is 26.7 Å². The standard InChI is InChI=1S/C14H20N4O/c1-4-7-16-13-10-12(9-11(2)17-13)14(19)18(3)8-5-6-15/h9-10H,4-5,7-8H2,1-3H3,(H,16,17). The van der Waals surface area contributed by atoms with Crippen LogP contribution in [0.25, 0.3) is 0 Å². The molecule has 5 heteroatoms. The van der Waals surface area contributed by atoms with Gasteiger partial charge >= 0.3 is 0 Å². The molecular formula is C14H20N4O. The Morgan fingerprint density at radius 1 is 1.53 bits per heavy atom. The van der Waals surface area contributed by atoms with Gasteiger partial charge in [0.05, 0.1) is 12.5 Å². The van der Waals surface area contributed by atoms with Crippen LogP contribution in [0.3, 0.4) is 0 Å². The normalized spacial score (nSPS) is 9.79. The van der Waals surface area contributed by atoms with Gasteiger partial charge in [-0.3, -0.25) is 4.79 Å². The quantitative estimate of drug-likeness (QED) is 0.851. The lowest BCUT2D eigenvalue weighted by molar-refractivity contribution is 0.0798. The van der Waals surface area contributed by atoms with Gasteiger partial charge < -0.3 is 10.2 Å². The Morgan fingerprint density at radius 3 is 2.89 bits per heavy atom. The molecule has 1 aromatic heterocycles. The molecule has 0 atom stereocenters. The highest BCUT2D eigenvalue weighted by atomic mass is 16.2. The largest absolute Gasteiger partial charge is 0.370 e. The van der Waals surface area contributed by atoms with Gasteiger partial charge in [-0.15, -0.1) is 0 Å². The van der Waals surface area contributed by atoms with E-state index in [-0.39, 0.29) is 5.91 Å². The van der Waals surface area contributed by atoms with E-state index in [1.807, 2.05) is 13.0 Å².